The number of sulfone groups is 1. The van der Waals surface area contributed by atoms with Crippen molar-refractivity contribution in [3.63, 3.8) is 0 Å². The molecule has 1 heterocycles. The zero-order chi connectivity index (χ0) is 26.0. The van der Waals surface area contributed by atoms with E-state index in [1.807, 2.05) is 30.1 Å². The van der Waals surface area contributed by atoms with Gasteiger partial charge in [0.15, 0.2) is 5.82 Å². The standard InChI is InChI=1S/C26H35N5O3S/c1-25(2)11-9-18(10-12-25)21-15-19(26(3,4)31(5)13-14-35(6,33)34)7-8-22(21)30-24(32)23-28-17-20(16-27)29-23/h7-9,15,17H,10-14H2,1-6H3,(H,28,29)(H,30,32). The molecule has 1 aromatic carbocycles. The minimum absolute atomic E-state index is 0.0798. The van der Waals surface area contributed by atoms with Crippen LogP contribution in [0.1, 0.15) is 74.4 Å². The summed E-state index contributed by atoms with van der Waals surface area (Å²) in [6.45, 7) is 9.05. The number of aromatic nitrogens is 2. The molecule has 3 rings (SSSR count). The third kappa shape index (κ3) is 6.59. The number of allylic oxidation sites excluding steroid dienone is 2. The topological polar surface area (TPSA) is 119 Å². The van der Waals surface area contributed by atoms with Gasteiger partial charge in [0.2, 0.25) is 0 Å². The van der Waals surface area contributed by atoms with Gasteiger partial charge in [-0.25, -0.2) is 13.4 Å². The molecule has 0 radical (unpaired) electrons. The van der Waals surface area contributed by atoms with E-state index < -0.39 is 21.3 Å². The number of hydrogen-bond acceptors (Lipinski definition) is 6. The second-order valence-electron chi connectivity index (χ2n) is 10.7. The summed E-state index contributed by atoms with van der Waals surface area (Å²) < 4.78 is 23.4. The Balaban J connectivity index is 1.97. The van der Waals surface area contributed by atoms with E-state index >= 15 is 0 Å². The number of nitrogens with one attached hydrogen (secondary N) is 2. The number of carbonyl (C=O) groups is 1. The molecule has 2 aromatic rings. The lowest BCUT2D eigenvalue weighted by Gasteiger charge is -2.37. The average Bonchev–Trinajstić information content (AvgIpc) is 3.27. The van der Waals surface area contributed by atoms with Crippen molar-refractivity contribution in [3.8, 4) is 6.07 Å². The molecule has 0 bridgehead atoms. The Labute approximate surface area is 208 Å². The van der Waals surface area contributed by atoms with Crippen molar-refractivity contribution >= 4 is 27.0 Å². The van der Waals surface area contributed by atoms with Crippen LogP contribution in [0.5, 0.6) is 0 Å². The van der Waals surface area contributed by atoms with Crippen molar-refractivity contribution in [1.82, 2.24) is 14.9 Å². The number of hydrogen-bond donors (Lipinski definition) is 2. The first-order valence-corrected chi connectivity index (χ1v) is 13.8. The monoisotopic (exact) mass is 497 g/mol. The van der Waals surface area contributed by atoms with E-state index in [0.29, 0.717) is 12.2 Å². The summed E-state index contributed by atoms with van der Waals surface area (Å²) in [6, 6.07) is 7.90. The van der Waals surface area contributed by atoms with Crippen LogP contribution in [0.2, 0.25) is 0 Å². The van der Waals surface area contributed by atoms with Crippen LogP contribution < -0.4 is 5.32 Å². The first kappa shape index (κ1) is 26.6. The Morgan fingerprint density at radius 1 is 1.34 bits per heavy atom. The molecule has 0 unspecified atom stereocenters. The number of nitrogens with zero attached hydrogens (tertiary/aromatic N) is 3. The van der Waals surface area contributed by atoms with Crippen LogP contribution in [0.25, 0.3) is 5.57 Å². The maximum atomic E-state index is 12.9. The van der Waals surface area contributed by atoms with Gasteiger partial charge in [-0.3, -0.25) is 9.69 Å². The van der Waals surface area contributed by atoms with Crippen LogP contribution in [0, 0.1) is 16.7 Å². The SMILES string of the molecule is CN(CCS(C)(=O)=O)C(C)(C)c1ccc(NC(=O)c2ncc(C#N)[nH]2)c(C2=CCC(C)(C)CC2)c1. The molecular formula is C26H35N5O3S. The second-order valence-corrected chi connectivity index (χ2v) is 12.9. The zero-order valence-corrected chi connectivity index (χ0v) is 22.2. The molecule has 0 aliphatic heterocycles. The summed E-state index contributed by atoms with van der Waals surface area (Å²) >= 11 is 0. The average molecular weight is 498 g/mol. The molecule has 0 saturated heterocycles. The van der Waals surface area contributed by atoms with Gasteiger partial charge < -0.3 is 10.3 Å². The molecule has 35 heavy (non-hydrogen) atoms. The van der Waals surface area contributed by atoms with Crippen molar-refractivity contribution < 1.29 is 13.2 Å². The molecule has 0 atom stereocenters. The highest BCUT2D eigenvalue weighted by molar-refractivity contribution is 7.90. The van der Waals surface area contributed by atoms with Gasteiger partial charge in [0.25, 0.3) is 5.91 Å². The lowest BCUT2D eigenvalue weighted by atomic mass is 9.76. The van der Waals surface area contributed by atoms with E-state index in [4.69, 9.17) is 5.26 Å². The normalized spacial score (nSPS) is 16.0. The van der Waals surface area contributed by atoms with Crippen LogP contribution in [0.15, 0.2) is 30.5 Å². The number of carbonyl (C=O) groups excluding carboxylic acids is 1. The smallest absolute Gasteiger partial charge is 0.291 e. The third-order valence-electron chi connectivity index (χ3n) is 6.96. The van der Waals surface area contributed by atoms with E-state index in [-0.39, 0.29) is 22.7 Å². The van der Waals surface area contributed by atoms with E-state index in [0.717, 1.165) is 30.4 Å². The van der Waals surface area contributed by atoms with Crippen molar-refractivity contribution in [2.45, 2.75) is 52.5 Å². The van der Waals surface area contributed by atoms with Crippen molar-refractivity contribution in [1.29, 1.82) is 5.26 Å². The van der Waals surface area contributed by atoms with Gasteiger partial charge in [-0.1, -0.05) is 26.0 Å². The molecule has 8 nitrogen and oxygen atoms in total. The van der Waals surface area contributed by atoms with Gasteiger partial charge in [0.1, 0.15) is 21.6 Å². The molecule has 1 amide bonds. The predicted molar refractivity (Wildman–Crippen MR) is 139 cm³/mol. The van der Waals surface area contributed by atoms with E-state index in [2.05, 4.69) is 55.1 Å². The zero-order valence-electron chi connectivity index (χ0n) is 21.4. The third-order valence-corrected chi connectivity index (χ3v) is 7.88. The molecule has 1 aliphatic carbocycles. The quantitative estimate of drug-likeness (QED) is 0.560. The van der Waals surface area contributed by atoms with Crippen LogP contribution in [0.3, 0.4) is 0 Å². The van der Waals surface area contributed by atoms with Crippen molar-refractivity contribution in [3.05, 3.63) is 53.1 Å². The summed E-state index contributed by atoms with van der Waals surface area (Å²) in [6.07, 6.45) is 7.71. The lowest BCUT2D eigenvalue weighted by Crippen LogP contribution is -2.41. The first-order valence-electron chi connectivity index (χ1n) is 11.7. The number of benzene rings is 1. The fourth-order valence-corrected chi connectivity index (χ4v) is 4.70. The Bertz CT molecular complexity index is 1280. The van der Waals surface area contributed by atoms with E-state index in [1.165, 1.54) is 18.0 Å². The summed E-state index contributed by atoms with van der Waals surface area (Å²) in [5.41, 5.74) is 3.85. The first-order chi connectivity index (χ1) is 16.2. The van der Waals surface area contributed by atoms with Crippen LogP contribution in [0.4, 0.5) is 5.69 Å². The van der Waals surface area contributed by atoms with Gasteiger partial charge >= 0.3 is 0 Å². The summed E-state index contributed by atoms with van der Waals surface area (Å²) in [4.78, 5) is 21.6. The number of H-pyrrole nitrogens is 1. The molecular weight excluding hydrogens is 462 g/mol. The number of aromatic amines is 1. The summed E-state index contributed by atoms with van der Waals surface area (Å²) in [7, 11) is -1.15. The Kier molecular flexibility index (Phi) is 7.58. The van der Waals surface area contributed by atoms with Gasteiger partial charge in [0, 0.05) is 29.6 Å². The highest BCUT2D eigenvalue weighted by Gasteiger charge is 2.29. The number of rotatable bonds is 8. The largest absolute Gasteiger partial charge is 0.326 e. The second kappa shape index (κ2) is 9.96. The van der Waals surface area contributed by atoms with Gasteiger partial charge in [-0.15, -0.1) is 0 Å². The van der Waals surface area contributed by atoms with E-state index in [9.17, 15) is 13.2 Å². The van der Waals surface area contributed by atoms with Gasteiger partial charge in [-0.05, 0) is 68.8 Å². The molecule has 1 aliphatic rings. The Morgan fingerprint density at radius 2 is 2.06 bits per heavy atom. The molecule has 0 spiro atoms. The fraction of sp³-hybridized carbons (Fsp3) is 0.500. The molecule has 188 valence electrons. The Hall–Kier alpha value is -2.96. The lowest BCUT2D eigenvalue weighted by molar-refractivity contribution is 0.101. The fourth-order valence-electron chi connectivity index (χ4n) is 4.10. The van der Waals surface area contributed by atoms with Gasteiger partial charge in [-0.2, -0.15) is 5.26 Å². The van der Waals surface area contributed by atoms with Crippen LogP contribution in [-0.2, 0) is 15.4 Å². The highest BCUT2D eigenvalue weighted by atomic mass is 32.2. The predicted octanol–water partition coefficient (Wildman–Crippen LogP) is 4.34. The number of amides is 1. The van der Waals surface area contributed by atoms with Crippen molar-refractivity contribution in [2.24, 2.45) is 5.41 Å². The molecule has 9 heteroatoms. The van der Waals surface area contributed by atoms with Crippen molar-refractivity contribution in [2.75, 3.05) is 30.9 Å². The Morgan fingerprint density at radius 3 is 2.63 bits per heavy atom. The number of imidazole rings is 1. The maximum absolute atomic E-state index is 12.9. The molecule has 0 fully saturated rings. The summed E-state index contributed by atoms with van der Waals surface area (Å²) in [5, 5.41) is 12.0. The number of nitriles is 1. The van der Waals surface area contributed by atoms with Crippen LogP contribution >= 0.6 is 0 Å². The van der Waals surface area contributed by atoms with E-state index in [1.54, 1.807) is 0 Å². The minimum atomic E-state index is -3.07. The minimum Gasteiger partial charge on any atom is -0.326 e. The summed E-state index contributed by atoms with van der Waals surface area (Å²) in [5.74, 6) is -0.250. The molecule has 2 N–H and O–H groups in total. The van der Waals surface area contributed by atoms with Crippen LogP contribution in [-0.4, -0.2) is 54.8 Å². The molecule has 0 saturated carbocycles. The highest BCUT2D eigenvalue weighted by Crippen LogP contribution is 2.41. The van der Waals surface area contributed by atoms with Gasteiger partial charge in [0.05, 0.1) is 11.9 Å². The maximum Gasteiger partial charge on any atom is 0.291 e. The number of anilines is 1. The molecule has 1 aromatic heterocycles.